The number of benzene rings is 1. The van der Waals surface area contributed by atoms with Crippen LogP contribution in [0.15, 0.2) is 16.9 Å². The van der Waals surface area contributed by atoms with Gasteiger partial charge in [-0.1, -0.05) is 13.8 Å². The van der Waals surface area contributed by atoms with Gasteiger partial charge in [0.15, 0.2) is 5.82 Å². The Hall–Kier alpha value is -2.28. The maximum absolute atomic E-state index is 11.8. The van der Waals surface area contributed by atoms with Gasteiger partial charge in [-0.3, -0.25) is 4.57 Å². The number of phenols is 2. The number of hydrogen-bond donors (Lipinski definition) is 3. The van der Waals surface area contributed by atoms with Crippen molar-refractivity contribution in [3.63, 3.8) is 0 Å². The molecule has 0 radical (unpaired) electrons. The molecule has 0 aliphatic carbocycles. The molecule has 1 aromatic heterocycles. The van der Waals surface area contributed by atoms with Gasteiger partial charge < -0.3 is 14.9 Å². The number of hydrogen-bond acceptors (Lipinski definition) is 5. The highest BCUT2D eigenvalue weighted by molar-refractivity contribution is 5.67. The number of methoxy groups -OCH3 is 1. The molecule has 1 aromatic carbocycles. The first-order valence-corrected chi connectivity index (χ1v) is 6.66. The predicted octanol–water partition coefficient (Wildman–Crippen LogP) is 1.42. The van der Waals surface area contributed by atoms with Crippen LogP contribution in [-0.2, 0) is 11.3 Å². The fraction of sp³-hybridized carbons (Fsp3) is 0.429. The Bertz CT molecular complexity index is 688. The minimum Gasteiger partial charge on any atom is -0.508 e. The summed E-state index contributed by atoms with van der Waals surface area (Å²) in [5.74, 6) is 0.279. The summed E-state index contributed by atoms with van der Waals surface area (Å²) in [4.78, 5) is 11.8. The molecule has 0 spiro atoms. The molecule has 0 saturated carbocycles. The fourth-order valence-corrected chi connectivity index (χ4v) is 2.15. The molecule has 0 saturated heterocycles. The molecular weight excluding hydrogens is 274 g/mol. The lowest BCUT2D eigenvalue weighted by Gasteiger charge is -2.13. The smallest absolute Gasteiger partial charge is 0.343 e. The summed E-state index contributed by atoms with van der Waals surface area (Å²) in [5, 5.41) is 26.2. The van der Waals surface area contributed by atoms with Gasteiger partial charge in [0, 0.05) is 13.2 Å². The minimum atomic E-state index is -0.374. The second-order valence-electron chi connectivity index (χ2n) is 5.08. The first kappa shape index (κ1) is 15.1. The van der Waals surface area contributed by atoms with Gasteiger partial charge in [0.2, 0.25) is 0 Å². The van der Waals surface area contributed by atoms with Crippen LogP contribution in [0, 0.1) is 0 Å². The van der Waals surface area contributed by atoms with Crippen LogP contribution in [0.1, 0.15) is 25.3 Å². The lowest BCUT2D eigenvalue weighted by molar-refractivity contribution is 0.186. The second-order valence-corrected chi connectivity index (χ2v) is 5.08. The Morgan fingerprint density at radius 3 is 2.67 bits per heavy atom. The van der Waals surface area contributed by atoms with E-state index in [0.29, 0.717) is 30.1 Å². The molecule has 7 nitrogen and oxygen atoms in total. The lowest BCUT2D eigenvalue weighted by atomic mass is 9.98. The van der Waals surface area contributed by atoms with E-state index in [1.54, 1.807) is 13.2 Å². The number of H-pyrrole nitrogens is 1. The van der Waals surface area contributed by atoms with Crippen LogP contribution in [-0.4, -0.2) is 38.7 Å². The minimum absolute atomic E-state index is 0.0209. The molecule has 1 heterocycles. The summed E-state index contributed by atoms with van der Waals surface area (Å²) < 4.78 is 6.36. The summed E-state index contributed by atoms with van der Waals surface area (Å²) in [6, 6.07) is 2.92. The van der Waals surface area contributed by atoms with Crippen LogP contribution in [0.5, 0.6) is 11.5 Å². The van der Waals surface area contributed by atoms with Crippen LogP contribution in [0.25, 0.3) is 11.4 Å². The van der Waals surface area contributed by atoms with E-state index in [2.05, 4.69) is 10.2 Å². The molecule has 7 heteroatoms. The van der Waals surface area contributed by atoms with Gasteiger partial charge in [0.25, 0.3) is 0 Å². The van der Waals surface area contributed by atoms with Crippen molar-refractivity contribution in [1.82, 2.24) is 14.8 Å². The van der Waals surface area contributed by atoms with E-state index in [-0.39, 0.29) is 23.1 Å². The molecule has 0 atom stereocenters. The second kappa shape index (κ2) is 6.01. The SMILES string of the molecule is COCCn1c(-c2cc(C(C)C)c(O)cc2O)n[nH]c1=O. The average molecular weight is 293 g/mol. The zero-order valence-corrected chi connectivity index (χ0v) is 12.3. The van der Waals surface area contributed by atoms with Gasteiger partial charge in [0.1, 0.15) is 11.5 Å². The van der Waals surface area contributed by atoms with Gasteiger partial charge in [-0.15, -0.1) is 0 Å². The van der Waals surface area contributed by atoms with Crippen molar-refractivity contribution in [2.24, 2.45) is 0 Å². The molecule has 0 bridgehead atoms. The average Bonchev–Trinajstić information content (AvgIpc) is 2.77. The molecule has 2 rings (SSSR count). The highest BCUT2D eigenvalue weighted by atomic mass is 16.5. The third-order valence-corrected chi connectivity index (χ3v) is 3.29. The molecule has 21 heavy (non-hydrogen) atoms. The van der Waals surface area contributed by atoms with Crippen molar-refractivity contribution in [3.05, 3.63) is 28.2 Å². The van der Waals surface area contributed by atoms with Crippen LogP contribution < -0.4 is 5.69 Å². The highest BCUT2D eigenvalue weighted by Gasteiger charge is 2.18. The van der Waals surface area contributed by atoms with E-state index in [1.165, 1.54) is 10.6 Å². The number of rotatable bonds is 5. The molecule has 0 amide bonds. The fourth-order valence-electron chi connectivity index (χ4n) is 2.15. The molecular formula is C14H19N3O4. The Morgan fingerprint density at radius 2 is 2.05 bits per heavy atom. The summed E-state index contributed by atoms with van der Waals surface area (Å²) in [6.07, 6.45) is 0. The molecule has 0 unspecified atom stereocenters. The molecule has 0 fully saturated rings. The van der Waals surface area contributed by atoms with Gasteiger partial charge in [-0.05, 0) is 17.5 Å². The number of phenolic OH excluding ortho intramolecular Hbond substituents is 2. The number of ether oxygens (including phenoxy) is 1. The van der Waals surface area contributed by atoms with Gasteiger partial charge >= 0.3 is 5.69 Å². The first-order valence-electron chi connectivity index (χ1n) is 6.66. The number of nitrogens with zero attached hydrogens (tertiary/aromatic N) is 2. The molecule has 2 aromatic rings. The maximum atomic E-state index is 11.8. The third-order valence-electron chi connectivity index (χ3n) is 3.29. The van der Waals surface area contributed by atoms with Gasteiger partial charge in [0.05, 0.1) is 18.7 Å². The van der Waals surface area contributed by atoms with Crippen molar-refractivity contribution in [2.75, 3.05) is 13.7 Å². The van der Waals surface area contributed by atoms with E-state index >= 15 is 0 Å². The van der Waals surface area contributed by atoms with Gasteiger partial charge in [-0.25, -0.2) is 9.89 Å². The molecule has 0 aliphatic heterocycles. The van der Waals surface area contributed by atoms with Gasteiger partial charge in [-0.2, -0.15) is 5.10 Å². The summed E-state index contributed by atoms with van der Waals surface area (Å²) in [6.45, 7) is 4.53. The molecule has 3 N–H and O–H groups in total. The van der Waals surface area contributed by atoms with Crippen molar-refractivity contribution >= 4 is 0 Å². The number of aromatic nitrogens is 3. The van der Waals surface area contributed by atoms with Crippen molar-refractivity contribution < 1.29 is 14.9 Å². The Morgan fingerprint density at radius 1 is 1.33 bits per heavy atom. The highest BCUT2D eigenvalue weighted by Crippen LogP contribution is 2.36. The number of aromatic hydroxyl groups is 2. The lowest BCUT2D eigenvalue weighted by Crippen LogP contribution is -2.20. The Balaban J connectivity index is 2.56. The summed E-state index contributed by atoms with van der Waals surface area (Å²) >= 11 is 0. The maximum Gasteiger partial charge on any atom is 0.343 e. The van der Waals surface area contributed by atoms with Crippen LogP contribution in [0.2, 0.25) is 0 Å². The van der Waals surface area contributed by atoms with Crippen LogP contribution in [0.3, 0.4) is 0 Å². The third kappa shape index (κ3) is 2.92. The standard InChI is InChI=1S/C14H19N3O4/c1-8(2)9-6-10(12(19)7-11(9)18)13-15-16-14(20)17(13)4-5-21-3/h6-8,18-19H,4-5H2,1-3H3,(H,16,20). The predicted molar refractivity (Wildman–Crippen MR) is 77.6 cm³/mol. The zero-order valence-electron chi connectivity index (χ0n) is 12.3. The zero-order chi connectivity index (χ0) is 15.6. The van der Waals surface area contributed by atoms with Crippen molar-refractivity contribution in [2.45, 2.75) is 26.3 Å². The van der Waals surface area contributed by atoms with Crippen molar-refractivity contribution in [3.8, 4) is 22.9 Å². The normalized spacial score (nSPS) is 11.2. The van der Waals surface area contributed by atoms with Crippen molar-refractivity contribution in [1.29, 1.82) is 0 Å². The Kier molecular flexibility index (Phi) is 4.32. The quantitative estimate of drug-likeness (QED) is 0.774. The van der Waals surface area contributed by atoms with E-state index in [9.17, 15) is 15.0 Å². The molecule has 0 aliphatic rings. The summed E-state index contributed by atoms with van der Waals surface area (Å²) in [5.41, 5.74) is 0.697. The Labute approximate surface area is 121 Å². The largest absolute Gasteiger partial charge is 0.508 e. The van der Waals surface area contributed by atoms with E-state index < -0.39 is 0 Å². The van der Waals surface area contributed by atoms with E-state index in [4.69, 9.17) is 4.74 Å². The van der Waals surface area contributed by atoms with Crippen LogP contribution in [0.4, 0.5) is 0 Å². The number of aromatic amines is 1. The summed E-state index contributed by atoms with van der Waals surface area (Å²) in [7, 11) is 1.54. The van der Waals surface area contributed by atoms with E-state index in [0.717, 1.165) is 0 Å². The number of nitrogens with one attached hydrogen (secondary N) is 1. The molecule has 114 valence electrons. The first-order chi connectivity index (χ1) is 9.95. The topological polar surface area (TPSA) is 100 Å². The van der Waals surface area contributed by atoms with E-state index in [1.807, 2.05) is 13.8 Å². The van der Waals surface area contributed by atoms with Crippen LogP contribution >= 0.6 is 0 Å². The monoisotopic (exact) mass is 293 g/mol.